The number of carboxylic acids is 1. The third kappa shape index (κ3) is 4.44. The van der Waals surface area contributed by atoms with Crippen molar-refractivity contribution in [3.05, 3.63) is 51.7 Å². The zero-order valence-corrected chi connectivity index (χ0v) is 15.4. The summed E-state index contributed by atoms with van der Waals surface area (Å²) in [7, 11) is -0.848. The summed E-state index contributed by atoms with van der Waals surface area (Å²) in [6.45, 7) is 0.310. The Bertz CT molecular complexity index is 870. The molecular weight excluding hydrogens is 364 g/mol. The molecule has 2 rings (SSSR count). The van der Waals surface area contributed by atoms with E-state index in [1.165, 1.54) is 32.3 Å². The number of hydrogen-bond acceptors (Lipinski definition) is 5. The molecule has 7 nitrogen and oxygen atoms in total. The number of benzene rings is 1. The van der Waals surface area contributed by atoms with Gasteiger partial charge in [0.2, 0.25) is 10.0 Å². The van der Waals surface area contributed by atoms with Gasteiger partial charge >= 0.3 is 5.97 Å². The van der Waals surface area contributed by atoms with E-state index in [-0.39, 0.29) is 15.3 Å². The number of nitrogens with one attached hydrogen (secondary N) is 1. The third-order valence-corrected chi connectivity index (χ3v) is 6.39. The predicted molar refractivity (Wildman–Crippen MR) is 94.6 cm³/mol. The molecule has 0 unspecified atom stereocenters. The molecule has 0 radical (unpaired) electrons. The Labute approximate surface area is 150 Å². The van der Waals surface area contributed by atoms with E-state index in [2.05, 4.69) is 5.32 Å². The van der Waals surface area contributed by atoms with Crippen LogP contribution in [0.15, 0.2) is 40.6 Å². The summed E-state index contributed by atoms with van der Waals surface area (Å²) in [4.78, 5) is 23.2. The Morgan fingerprint density at radius 2 is 1.80 bits per heavy atom. The largest absolute Gasteiger partial charge is 0.478 e. The van der Waals surface area contributed by atoms with E-state index < -0.39 is 21.9 Å². The molecule has 25 heavy (non-hydrogen) atoms. The standard InChI is InChI=1S/C16H18N2O5S2/c1-18(2)25(22,23)13-8-10-24-14(13)15(19)17-9-7-11-3-5-12(6-4-11)16(20)21/h3-6,8,10H,7,9H2,1-2H3,(H,17,19)(H,20,21). The lowest BCUT2D eigenvalue weighted by Gasteiger charge is -2.12. The smallest absolute Gasteiger partial charge is 0.335 e. The van der Waals surface area contributed by atoms with Crippen LogP contribution in [0.25, 0.3) is 0 Å². The molecule has 1 heterocycles. The van der Waals surface area contributed by atoms with Gasteiger partial charge in [0, 0.05) is 20.6 Å². The van der Waals surface area contributed by atoms with Crippen LogP contribution in [0.3, 0.4) is 0 Å². The lowest BCUT2D eigenvalue weighted by atomic mass is 10.1. The first kappa shape index (κ1) is 19.1. The van der Waals surface area contributed by atoms with Gasteiger partial charge in [0.25, 0.3) is 5.91 Å². The summed E-state index contributed by atoms with van der Waals surface area (Å²) in [6, 6.07) is 7.78. The molecule has 0 aliphatic rings. The maximum absolute atomic E-state index is 12.3. The van der Waals surface area contributed by atoms with Crippen LogP contribution in [0.2, 0.25) is 0 Å². The molecule has 1 aromatic heterocycles. The van der Waals surface area contributed by atoms with Crippen molar-refractivity contribution >= 4 is 33.2 Å². The summed E-state index contributed by atoms with van der Waals surface area (Å²) in [5.41, 5.74) is 1.07. The molecule has 0 atom stereocenters. The number of thiophene rings is 1. The number of nitrogens with zero attached hydrogens (tertiary/aromatic N) is 1. The van der Waals surface area contributed by atoms with E-state index in [1.807, 2.05) is 0 Å². The number of amides is 1. The fourth-order valence-electron chi connectivity index (χ4n) is 2.08. The quantitative estimate of drug-likeness (QED) is 0.758. The molecule has 2 aromatic rings. The van der Waals surface area contributed by atoms with Crippen molar-refractivity contribution in [3.8, 4) is 0 Å². The van der Waals surface area contributed by atoms with Crippen LogP contribution in [0, 0.1) is 0 Å². The number of carboxylic acid groups (broad SMARTS) is 1. The first-order valence-corrected chi connectivity index (χ1v) is 9.66. The number of aromatic carboxylic acids is 1. The molecule has 2 N–H and O–H groups in total. The third-order valence-electron chi connectivity index (χ3n) is 3.49. The van der Waals surface area contributed by atoms with Gasteiger partial charge in [-0.15, -0.1) is 11.3 Å². The van der Waals surface area contributed by atoms with Crippen LogP contribution in [0.4, 0.5) is 0 Å². The number of carbonyl (C=O) groups excluding carboxylic acids is 1. The second-order valence-corrected chi connectivity index (χ2v) is 8.45. The minimum Gasteiger partial charge on any atom is -0.478 e. The first-order valence-electron chi connectivity index (χ1n) is 7.34. The molecule has 0 saturated heterocycles. The zero-order valence-electron chi connectivity index (χ0n) is 13.7. The summed E-state index contributed by atoms with van der Waals surface area (Å²) < 4.78 is 25.5. The topological polar surface area (TPSA) is 104 Å². The molecule has 9 heteroatoms. The molecule has 0 aliphatic carbocycles. The Kier molecular flexibility index (Phi) is 5.93. The van der Waals surface area contributed by atoms with Crippen molar-refractivity contribution in [3.63, 3.8) is 0 Å². The second kappa shape index (κ2) is 7.77. The predicted octanol–water partition coefficient (Wildman–Crippen LogP) is 1.67. The van der Waals surface area contributed by atoms with Gasteiger partial charge in [-0.05, 0) is 35.6 Å². The number of rotatable bonds is 7. The van der Waals surface area contributed by atoms with Crippen LogP contribution < -0.4 is 5.32 Å². The second-order valence-electron chi connectivity index (χ2n) is 5.41. The van der Waals surface area contributed by atoms with Gasteiger partial charge in [0.1, 0.15) is 9.77 Å². The molecular formula is C16H18N2O5S2. The fraction of sp³-hybridized carbons (Fsp3) is 0.250. The van der Waals surface area contributed by atoms with Gasteiger partial charge in [-0.3, -0.25) is 4.79 Å². The van der Waals surface area contributed by atoms with Crippen molar-refractivity contribution in [2.75, 3.05) is 20.6 Å². The monoisotopic (exact) mass is 382 g/mol. The van der Waals surface area contributed by atoms with E-state index >= 15 is 0 Å². The maximum Gasteiger partial charge on any atom is 0.335 e. The molecule has 0 fully saturated rings. The Hall–Kier alpha value is -2.23. The van der Waals surface area contributed by atoms with Crippen molar-refractivity contribution in [1.29, 1.82) is 0 Å². The lowest BCUT2D eigenvalue weighted by molar-refractivity contribution is 0.0696. The van der Waals surface area contributed by atoms with Gasteiger partial charge in [-0.25, -0.2) is 17.5 Å². The molecule has 1 amide bonds. The van der Waals surface area contributed by atoms with Crippen molar-refractivity contribution in [2.45, 2.75) is 11.3 Å². The highest BCUT2D eigenvalue weighted by Gasteiger charge is 2.25. The Morgan fingerprint density at radius 3 is 2.36 bits per heavy atom. The van der Waals surface area contributed by atoms with Crippen LogP contribution in [0.1, 0.15) is 25.6 Å². The van der Waals surface area contributed by atoms with E-state index in [0.29, 0.717) is 13.0 Å². The van der Waals surface area contributed by atoms with E-state index in [9.17, 15) is 18.0 Å². The van der Waals surface area contributed by atoms with Gasteiger partial charge in [-0.1, -0.05) is 12.1 Å². The Morgan fingerprint density at radius 1 is 1.16 bits per heavy atom. The van der Waals surface area contributed by atoms with Gasteiger partial charge < -0.3 is 10.4 Å². The minimum absolute atomic E-state index is 0.00851. The van der Waals surface area contributed by atoms with E-state index in [4.69, 9.17) is 5.11 Å². The molecule has 134 valence electrons. The minimum atomic E-state index is -3.67. The van der Waals surface area contributed by atoms with Crippen LogP contribution in [0.5, 0.6) is 0 Å². The molecule has 0 aliphatic heterocycles. The first-order chi connectivity index (χ1) is 11.7. The normalized spacial score (nSPS) is 11.5. The SMILES string of the molecule is CN(C)S(=O)(=O)c1ccsc1C(=O)NCCc1ccc(C(=O)O)cc1. The van der Waals surface area contributed by atoms with E-state index in [1.54, 1.807) is 17.5 Å². The Balaban J connectivity index is 2.00. The highest BCUT2D eigenvalue weighted by molar-refractivity contribution is 7.89. The average Bonchev–Trinajstić information content (AvgIpc) is 3.05. The molecule has 0 bridgehead atoms. The number of carbonyl (C=O) groups is 2. The molecule has 0 spiro atoms. The van der Waals surface area contributed by atoms with Crippen LogP contribution >= 0.6 is 11.3 Å². The average molecular weight is 382 g/mol. The van der Waals surface area contributed by atoms with Gasteiger partial charge in [0.05, 0.1) is 5.56 Å². The highest BCUT2D eigenvalue weighted by atomic mass is 32.2. The van der Waals surface area contributed by atoms with Crippen molar-refractivity contribution in [1.82, 2.24) is 9.62 Å². The van der Waals surface area contributed by atoms with Crippen LogP contribution in [-0.2, 0) is 16.4 Å². The molecule has 0 saturated carbocycles. The summed E-state index contributed by atoms with van der Waals surface area (Å²) in [5.74, 6) is -1.44. The van der Waals surface area contributed by atoms with Crippen molar-refractivity contribution in [2.24, 2.45) is 0 Å². The number of hydrogen-bond donors (Lipinski definition) is 2. The fourth-order valence-corrected chi connectivity index (χ4v) is 4.29. The van der Waals surface area contributed by atoms with Crippen molar-refractivity contribution < 1.29 is 23.1 Å². The van der Waals surface area contributed by atoms with Crippen LogP contribution in [-0.4, -0.2) is 50.3 Å². The van der Waals surface area contributed by atoms with Gasteiger partial charge in [0.15, 0.2) is 0 Å². The maximum atomic E-state index is 12.3. The highest BCUT2D eigenvalue weighted by Crippen LogP contribution is 2.23. The molecule has 1 aromatic carbocycles. The summed E-state index contributed by atoms with van der Waals surface area (Å²) in [5, 5.41) is 13.1. The van der Waals surface area contributed by atoms with Gasteiger partial charge in [-0.2, -0.15) is 0 Å². The lowest BCUT2D eigenvalue weighted by Crippen LogP contribution is -2.28. The summed E-state index contributed by atoms with van der Waals surface area (Å²) >= 11 is 1.07. The number of sulfonamides is 1. The zero-order chi connectivity index (χ0) is 18.6. The van der Waals surface area contributed by atoms with E-state index in [0.717, 1.165) is 21.2 Å². The summed E-state index contributed by atoms with van der Waals surface area (Å²) in [6.07, 6.45) is 0.507.